The molecule has 0 amide bonds. The van der Waals surface area contributed by atoms with Gasteiger partial charge in [-0.2, -0.15) is 0 Å². The third-order valence-electron chi connectivity index (χ3n) is 4.87. The van der Waals surface area contributed by atoms with Crippen LogP contribution in [0.25, 0.3) is 0 Å². The summed E-state index contributed by atoms with van der Waals surface area (Å²) < 4.78 is 5.34. The number of ether oxygens (including phenoxy) is 1. The van der Waals surface area contributed by atoms with Crippen molar-refractivity contribution in [1.29, 1.82) is 0 Å². The van der Waals surface area contributed by atoms with Gasteiger partial charge in [0.25, 0.3) is 0 Å². The molecular formula is C22H33ClO5. The first-order valence-corrected chi connectivity index (χ1v) is 10.2. The Hall–Kier alpha value is -1.75. The van der Waals surface area contributed by atoms with Gasteiger partial charge in [-0.1, -0.05) is 37.8 Å². The lowest BCUT2D eigenvalue weighted by Crippen LogP contribution is -2.24. The number of esters is 1. The third kappa shape index (κ3) is 6.69. The maximum absolute atomic E-state index is 11.8. The van der Waals surface area contributed by atoms with E-state index in [-0.39, 0.29) is 28.1 Å². The first-order valence-electron chi connectivity index (χ1n) is 9.85. The van der Waals surface area contributed by atoms with Gasteiger partial charge in [0.1, 0.15) is 11.5 Å². The Balaban J connectivity index is 2.38. The number of hydrogen-bond donors (Lipinski definition) is 2. The molecule has 0 saturated carbocycles. The van der Waals surface area contributed by atoms with E-state index in [9.17, 15) is 19.8 Å². The van der Waals surface area contributed by atoms with Gasteiger partial charge in [0, 0.05) is 5.56 Å². The summed E-state index contributed by atoms with van der Waals surface area (Å²) in [6.07, 6.45) is 5.70. The van der Waals surface area contributed by atoms with E-state index in [0.29, 0.717) is 36.4 Å². The van der Waals surface area contributed by atoms with E-state index >= 15 is 0 Å². The summed E-state index contributed by atoms with van der Waals surface area (Å²) in [5.74, 6) is -0.184. The van der Waals surface area contributed by atoms with Crippen molar-refractivity contribution < 1.29 is 24.5 Å². The highest BCUT2D eigenvalue weighted by Gasteiger charge is 2.23. The van der Waals surface area contributed by atoms with Gasteiger partial charge in [-0.25, -0.2) is 0 Å². The van der Waals surface area contributed by atoms with Gasteiger partial charge in [-0.3, -0.25) is 9.59 Å². The predicted molar refractivity (Wildman–Crippen MR) is 111 cm³/mol. The SMILES string of the molecule is Cc1c(Cl)c(O)c(CCCCCCC(C)COC(=O)C(C)(C)C)c(O)c1C=O. The van der Waals surface area contributed by atoms with Crippen molar-refractivity contribution in [2.45, 2.75) is 73.1 Å². The molecule has 2 N–H and O–H groups in total. The Morgan fingerprint density at radius 3 is 2.32 bits per heavy atom. The van der Waals surface area contributed by atoms with E-state index in [1.54, 1.807) is 6.92 Å². The van der Waals surface area contributed by atoms with E-state index in [1.807, 2.05) is 20.8 Å². The van der Waals surface area contributed by atoms with Gasteiger partial charge in [0.2, 0.25) is 0 Å². The number of carbonyl (C=O) groups excluding carboxylic acids is 2. The number of hydrogen-bond acceptors (Lipinski definition) is 5. The number of halogens is 1. The fraction of sp³-hybridized carbons (Fsp3) is 0.636. The molecule has 0 aliphatic rings. The van der Waals surface area contributed by atoms with Crippen molar-refractivity contribution >= 4 is 23.9 Å². The lowest BCUT2D eigenvalue weighted by molar-refractivity contribution is -0.154. The fourth-order valence-corrected chi connectivity index (χ4v) is 3.14. The standard InChI is InChI=1S/C22H33ClO5/c1-14(13-28-21(27)22(3,4)5)10-8-6-7-9-11-16-19(25)17(12-24)15(2)18(23)20(16)26/h12,14,25-26H,6-11,13H2,1-5H3. The van der Waals surface area contributed by atoms with Crippen LogP contribution in [0.1, 0.15) is 81.3 Å². The first kappa shape index (κ1) is 24.3. The van der Waals surface area contributed by atoms with E-state index in [4.69, 9.17) is 16.3 Å². The molecule has 0 heterocycles. The molecule has 1 unspecified atom stereocenters. The number of phenols is 2. The van der Waals surface area contributed by atoms with Gasteiger partial charge in [-0.15, -0.1) is 0 Å². The van der Waals surface area contributed by atoms with Gasteiger partial charge in [0.15, 0.2) is 6.29 Å². The molecule has 1 atom stereocenters. The average Bonchev–Trinajstić information content (AvgIpc) is 2.62. The van der Waals surface area contributed by atoms with Crippen molar-refractivity contribution in [3.8, 4) is 11.5 Å². The second-order valence-corrected chi connectivity index (χ2v) is 8.93. The molecule has 0 fully saturated rings. The Bertz CT molecular complexity index is 691. The fourth-order valence-electron chi connectivity index (χ4n) is 2.93. The number of benzene rings is 1. The lowest BCUT2D eigenvalue weighted by atomic mass is 9.96. The molecule has 28 heavy (non-hydrogen) atoms. The second kappa shape index (κ2) is 10.7. The van der Waals surface area contributed by atoms with Gasteiger partial charge in [-0.05, 0) is 58.4 Å². The summed E-state index contributed by atoms with van der Waals surface area (Å²) in [4.78, 5) is 22.9. The minimum atomic E-state index is -0.473. The molecular weight excluding hydrogens is 380 g/mol. The van der Waals surface area contributed by atoms with E-state index in [1.165, 1.54) is 0 Å². The van der Waals surface area contributed by atoms with Gasteiger partial charge >= 0.3 is 5.97 Å². The zero-order valence-electron chi connectivity index (χ0n) is 17.6. The van der Waals surface area contributed by atoms with E-state index in [0.717, 1.165) is 32.1 Å². The summed E-state index contributed by atoms with van der Waals surface area (Å²) in [6, 6.07) is 0. The second-order valence-electron chi connectivity index (χ2n) is 8.55. The first-order chi connectivity index (χ1) is 13.0. The largest absolute Gasteiger partial charge is 0.507 e. The Morgan fingerprint density at radius 1 is 1.14 bits per heavy atom. The maximum Gasteiger partial charge on any atom is 0.311 e. The van der Waals surface area contributed by atoms with Crippen LogP contribution in [0.4, 0.5) is 0 Å². The molecule has 1 rings (SSSR count). The van der Waals surface area contributed by atoms with Gasteiger partial charge in [0.05, 0.1) is 22.6 Å². The molecule has 6 heteroatoms. The number of unbranched alkanes of at least 4 members (excludes halogenated alkanes) is 3. The molecule has 0 radical (unpaired) electrons. The van der Waals surface area contributed by atoms with Crippen molar-refractivity contribution in [2.75, 3.05) is 6.61 Å². The Labute approximate surface area is 173 Å². The monoisotopic (exact) mass is 412 g/mol. The summed E-state index contributed by atoms with van der Waals surface area (Å²) in [7, 11) is 0. The Morgan fingerprint density at radius 2 is 1.75 bits per heavy atom. The molecule has 1 aromatic rings. The van der Waals surface area contributed by atoms with Crippen LogP contribution in [-0.2, 0) is 16.0 Å². The van der Waals surface area contributed by atoms with E-state index < -0.39 is 5.41 Å². The molecule has 158 valence electrons. The van der Waals surface area contributed by atoms with Crippen molar-refractivity contribution in [3.63, 3.8) is 0 Å². The van der Waals surface area contributed by atoms with Crippen LogP contribution in [-0.4, -0.2) is 29.1 Å². The molecule has 1 aromatic carbocycles. The summed E-state index contributed by atoms with van der Waals surface area (Å²) >= 11 is 6.06. The zero-order valence-corrected chi connectivity index (χ0v) is 18.4. The maximum atomic E-state index is 11.8. The molecule has 0 aromatic heterocycles. The van der Waals surface area contributed by atoms with Crippen LogP contribution >= 0.6 is 11.6 Å². The van der Waals surface area contributed by atoms with Crippen LogP contribution in [0.5, 0.6) is 11.5 Å². The molecule has 5 nitrogen and oxygen atoms in total. The topological polar surface area (TPSA) is 83.8 Å². The van der Waals surface area contributed by atoms with Crippen LogP contribution < -0.4 is 0 Å². The number of aromatic hydroxyl groups is 2. The summed E-state index contributed by atoms with van der Waals surface area (Å²) in [6.45, 7) is 9.63. The van der Waals surface area contributed by atoms with E-state index in [2.05, 4.69) is 6.92 Å². The normalized spacial score (nSPS) is 12.6. The molecule has 0 saturated heterocycles. The predicted octanol–water partition coefficient (Wildman–Crippen LogP) is 5.59. The Kier molecular flexibility index (Phi) is 9.28. The van der Waals surface area contributed by atoms with Crippen LogP contribution in [0, 0.1) is 18.3 Å². The highest BCUT2D eigenvalue weighted by molar-refractivity contribution is 6.33. The number of aldehydes is 1. The van der Waals surface area contributed by atoms with Crippen molar-refractivity contribution in [3.05, 3.63) is 21.7 Å². The molecule has 0 spiro atoms. The molecule has 0 bridgehead atoms. The third-order valence-corrected chi connectivity index (χ3v) is 5.33. The number of phenolic OH excluding ortho intramolecular Hbond substituents is 2. The quantitative estimate of drug-likeness (QED) is 0.297. The van der Waals surface area contributed by atoms with Gasteiger partial charge < -0.3 is 14.9 Å². The average molecular weight is 413 g/mol. The number of carbonyl (C=O) groups is 2. The molecule has 0 aliphatic heterocycles. The lowest BCUT2D eigenvalue weighted by Gasteiger charge is -2.19. The minimum absolute atomic E-state index is 0.119. The van der Waals surface area contributed by atoms with Crippen molar-refractivity contribution in [1.82, 2.24) is 0 Å². The van der Waals surface area contributed by atoms with Crippen LogP contribution in [0.15, 0.2) is 0 Å². The van der Waals surface area contributed by atoms with Crippen LogP contribution in [0.3, 0.4) is 0 Å². The van der Waals surface area contributed by atoms with Crippen LogP contribution in [0.2, 0.25) is 5.02 Å². The smallest absolute Gasteiger partial charge is 0.311 e. The summed E-state index contributed by atoms with van der Waals surface area (Å²) in [5, 5.41) is 20.5. The highest BCUT2D eigenvalue weighted by atomic mass is 35.5. The highest BCUT2D eigenvalue weighted by Crippen LogP contribution is 2.40. The zero-order chi connectivity index (χ0) is 21.5. The minimum Gasteiger partial charge on any atom is -0.507 e. The number of rotatable bonds is 10. The summed E-state index contributed by atoms with van der Waals surface area (Å²) in [5.41, 5.74) is 0.382. The molecule has 0 aliphatic carbocycles. The van der Waals surface area contributed by atoms with Crippen molar-refractivity contribution in [2.24, 2.45) is 11.3 Å².